The van der Waals surface area contributed by atoms with E-state index in [0.717, 1.165) is 22.6 Å². The third-order valence-corrected chi connectivity index (χ3v) is 11.3. The monoisotopic (exact) mass is 751 g/mol. The van der Waals surface area contributed by atoms with Gasteiger partial charge < -0.3 is 4.90 Å². The number of nitrogens with zero attached hydrogens (tertiary/aromatic N) is 1. The van der Waals surface area contributed by atoms with Crippen molar-refractivity contribution in [3.8, 4) is 66.8 Å². The van der Waals surface area contributed by atoms with Gasteiger partial charge in [0, 0.05) is 17.1 Å². The zero-order valence-electron chi connectivity index (χ0n) is 32.6. The summed E-state index contributed by atoms with van der Waals surface area (Å²) in [5, 5.41) is 2.50. The molecule has 10 rings (SSSR count). The predicted molar refractivity (Wildman–Crippen MR) is 251 cm³/mol. The summed E-state index contributed by atoms with van der Waals surface area (Å²) in [7, 11) is 0. The van der Waals surface area contributed by atoms with E-state index in [4.69, 9.17) is 0 Å². The van der Waals surface area contributed by atoms with Crippen LogP contribution in [-0.2, 0) is 0 Å². The number of rotatable bonds is 9. The van der Waals surface area contributed by atoms with Gasteiger partial charge in [-0.3, -0.25) is 0 Å². The summed E-state index contributed by atoms with van der Waals surface area (Å²) in [6, 6.07) is 89.8. The molecule has 0 heterocycles. The minimum Gasteiger partial charge on any atom is -0.311 e. The van der Waals surface area contributed by atoms with E-state index in [-0.39, 0.29) is 0 Å². The van der Waals surface area contributed by atoms with Crippen LogP contribution in [0.4, 0.5) is 17.1 Å². The van der Waals surface area contributed by atoms with Crippen molar-refractivity contribution in [2.45, 2.75) is 0 Å². The molecule has 0 unspecified atom stereocenters. The molecule has 278 valence electrons. The molecule has 0 fully saturated rings. The molecule has 0 bridgehead atoms. The molecular formula is C58H41N. The summed E-state index contributed by atoms with van der Waals surface area (Å²) in [5.41, 5.74) is 17.7. The smallest absolute Gasteiger partial charge is 0.0462 e. The van der Waals surface area contributed by atoms with Gasteiger partial charge in [0.15, 0.2) is 0 Å². The molecule has 1 nitrogen and oxygen atoms in total. The van der Waals surface area contributed by atoms with E-state index in [2.05, 4.69) is 254 Å². The van der Waals surface area contributed by atoms with Crippen LogP contribution in [0.3, 0.4) is 0 Å². The highest BCUT2D eigenvalue weighted by Crippen LogP contribution is 2.45. The Balaban J connectivity index is 1.08. The van der Waals surface area contributed by atoms with Gasteiger partial charge in [-0.25, -0.2) is 0 Å². The van der Waals surface area contributed by atoms with E-state index in [0.29, 0.717) is 0 Å². The minimum absolute atomic E-state index is 1.09. The largest absolute Gasteiger partial charge is 0.311 e. The zero-order valence-corrected chi connectivity index (χ0v) is 32.6. The van der Waals surface area contributed by atoms with Gasteiger partial charge >= 0.3 is 0 Å². The summed E-state index contributed by atoms with van der Waals surface area (Å²) < 4.78 is 0. The molecule has 10 aromatic rings. The van der Waals surface area contributed by atoms with Crippen molar-refractivity contribution < 1.29 is 0 Å². The summed E-state index contributed by atoms with van der Waals surface area (Å²) in [5.74, 6) is 0. The van der Waals surface area contributed by atoms with Gasteiger partial charge in [-0.05, 0) is 120 Å². The molecule has 0 aliphatic carbocycles. The Bertz CT molecular complexity index is 2990. The second-order valence-electron chi connectivity index (χ2n) is 14.9. The molecule has 0 amide bonds. The topological polar surface area (TPSA) is 3.24 Å². The zero-order chi connectivity index (χ0) is 39.4. The highest BCUT2D eigenvalue weighted by atomic mass is 15.1. The fourth-order valence-corrected chi connectivity index (χ4v) is 8.35. The highest BCUT2D eigenvalue weighted by molar-refractivity contribution is 6.00. The second kappa shape index (κ2) is 16.0. The number of fused-ring (bicyclic) bond motifs is 1. The second-order valence-corrected chi connectivity index (χ2v) is 14.9. The van der Waals surface area contributed by atoms with Crippen molar-refractivity contribution in [1.29, 1.82) is 0 Å². The van der Waals surface area contributed by atoms with Crippen LogP contribution in [-0.4, -0.2) is 0 Å². The van der Waals surface area contributed by atoms with Crippen molar-refractivity contribution in [2.75, 3.05) is 4.90 Å². The molecule has 0 saturated carbocycles. The molecule has 0 aliphatic heterocycles. The Morgan fingerprint density at radius 1 is 0.203 bits per heavy atom. The number of anilines is 3. The summed E-state index contributed by atoms with van der Waals surface area (Å²) >= 11 is 0. The van der Waals surface area contributed by atoms with E-state index in [1.165, 1.54) is 72.0 Å². The molecule has 0 atom stereocenters. The SMILES string of the molecule is c1ccc(-c2ccc(N(c3ccc(-c4ccc5ccccc5c4)cc3)c3ccc(-c4cccc(-c5ccccc5)c4-c4ccccc4-c4ccccc4)cc3)cc2)cc1. The third-order valence-electron chi connectivity index (χ3n) is 11.3. The van der Waals surface area contributed by atoms with E-state index >= 15 is 0 Å². The Morgan fingerprint density at radius 3 is 1.12 bits per heavy atom. The number of benzene rings is 10. The van der Waals surface area contributed by atoms with Gasteiger partial charge in [0.2, 0.25) is 0 Å². The first-order chi connectivity index (χ1) is 29.3. The maximum atomic E-state index is 2.36. The average Bonchev–Trinajstić information content (AvgIpc) is 3.33. The van der Waals surface area contributed by atoms with Gasteiger partial charge in [-0.15, -0.1) is 0 Å². The minimum atomic E-state index is 1.09. The van der Waals surface area contributed by atoms with Crippen LogP contribution in [0, 0.1) is 0 Å². The van der Waals surface area contributed by atoms with Crippen LogP contribution in [0.2, 0.25) is 0 Å². The maximum Gasteiger partial charge on any atom is 0.0462 e. The normalized spacial score (nSPS) is 11.1. The van der Waals surface area contributed by atoms with E-state index < -0.39 is 0 Å². The fraction of sp³-hybridized carbons (Fsp3) is 0. The lowest BCUT2D eigenvalue weighted by Crippen LogP contribution is -2.09. The van der Waals surface area contributed by atoms with Gasteiger partial charge in [0.05, 0.1) is 0 Å². The van der Waals surface area contributed by atoms with Crippen molar-refractivity contribution >= 4 is 27.8 Å². The van der Waals surface area contributed by atoms with Crippen molar-refractivity contribution in [1.82, 2.24) is 0 Å². The first kappa shape index (κ1) is 35.7. The molecule has 0 aromatic heterocycles. The summed E-state index contributed by atoms with van der Waals surface area (Å²) in [6.07, 6.45) is 0. The molecule has 0 N–H and O–H groups in total. The van der Waals surface area contributed by atoms with Gasteiger partial charge in [0.1, 0.15) is 0 Å². The van der Waals surface area contributed by atoms with Crippen LogP contribution < -0.4 is 4.90 Å². The fourth-order valence-electron chi connectivity index (χ4n) is 8.35. The molecule has 10 aromatic carbocycles. The Labute approximate surface area is 346 Å². The molecule has 0 aliphatic rings. The standard InChI is InChI=1S/C58H41N/c1-4-15-42(16-5-1)44-29-35-51(36-30-44)59(52-37-31-45(32-38-52)50-28-27-43-17-10-11-22-49(43)41-50)53-39-33-48(34-40-53)56-26-14-25-55(47-20-8-3-9-21-47)58(56)57-24-13-12-23-54(57)46-18-6-2-7-19-46/h1-41H. The van der Waals surface area contributed by atoms with Gasteiger partial charge in [-0.2, -0.15) is 0 Å². The summed E-state index contributed by atoms with van der Waals surface area (Å²) in [6.45, 7) is 0. The highest BCUT2D eigenvalue weighted by Gasteiger charge is 2.19. The van der Waals surface area contributed by atoms with Crippen molar-refractivity contribution in [2.24, 2.45) is 0 Å². The Kier molecular flexibility index (Phi) is 9.68. The molecule has 0 radical (unpaired) electrons. The van der Waals surface area contributed by atoms with Crippen molar-refractivity contribution in [3.05, 3.63) is 249 Å². The van der Waals surface area contributed by atoms with E-state index in [9.17, 15) is 0 Å². The third kappa shape index (κ3) is 7.23. The quantitative estimate of drug-likeness (QED) is 0.142. The van der Waals surface area contributed by atoms with Gasteiger partial charge in [-0.1, -0.05) is 206 Å². The first-order valence-electron chi connectivity index (χ1n) is 20.3. The van der Waals surface area contributed by atoms with Crippen LogP contribution >= 0.6 is 0 Å². The molecular weight excluding hydrogens is 711 g/mol. The lowest BCUT2D eigenvalue weighted by atomic mass is 9.84. The molecule has 59 heavy (non-hydrogen) atoms. The Hall–Kier alpha value is -7.74. The van der Waals surface area contributed by atoms with Crippen LogP contribution in [0.5, 0.6) is 0 Å². The van der Waals surface area contributed by atoms with E-state index in [1.54, 1.807) is 0 Å². The molecule has 1 heteroatoms. The average molecular weight is 752 g/mol. The molecule has 0 saturated heterocycles. The lowest BCUT2D eigenvalue weighted by molar-refractivity contribution is 1.28. The first-order valence-corrected chi connectivity index (χ1v) is 20.3. The van der Waals surface area contributed by atoms with Gasteiger partial charge in [0.25, 0.3) is 0 Å². The number of hydrogen-bond acceptors (Lipinski definition) is 1. The summed E-state index contributed by atoms with van der Waals surface area (Å²) in [4.78, 5) is 2.36. The predicted octanol–water partition coefficient (Wildman–Crippen LogP) is 16.3. The van der Waals surface area contributed by atoms with Crippen LogP contribution in [0.25, 0.3) is 77.5 Å². The van der Waals surface area contributed by atoms with E-state index in [1.807, 2.05) is 0 Å². The Morgan fingerprint density at radius 2 is 0.559 bits per heavy atom. The van der Waals surface area contributed by atoms with Crippen molar-refractivity contribution in [3.63, 3.8) is 0 Å². The van der Waals surface area contributed by atoms with Crippen LogP contribution in [0.15, 0.2) is 249 Å². The lowest BCUT2D eigenvalue weighted by Gasteiger charge is -2.26. The maximum absolute atomic E-state index is 2.36. The molecule has 0 spiro atoms. The van der Waals surface area contributed by atoms with Crippen LogP contribution in [0.1, 0.15) is 0 Å². The number of hydrogen-bond donors (Lipinski definition) is 0.